The molecule has 1 heterocycles. The van der Waals surface area contributed by atoms with Gasteiger partial charge in [-0.05, 0) is 48.0 Å². The molecule has 0 atom stereocenters. The van der Waals surface area contributed by atoms with E-state index in [2.05, 4.69) is 0 Å². The Balaban J connectivity index is 2.14. The standard InChI is InChI=1S/C17H12ClFO3/c1-21-17(20)10-2-5-16-14(8-10)12(6-7-22-16)13-9-11(18)3-4-15(13)19/h2-6,8-9H,7H2,1H3. The highest BCUT2D eigenvalue weighted by molar-refractivity contribution is 6.30. The Kier molecular flexibility index (Phi) is 3.86. The summed E-state index contributed by atoms with van der Waals surface area (Å²) in [6.45, 7) is 0.325. The minimum Gasteiger partial charge on any atom is -0.489 e. The van der Waals surface area contributed by atoms with Crippen LogP contribution in [0.5, 0.6) is 5.75 Å². The van der Waals surface area contributed by atoms with Crippen molar-refractivity contribution >= 4 is 23.1 Å². The Bertz CT molecular complexity index is 783. The van der Waals surface area contributed by atoms with Crippen molar-refractivity contribution in [1.29, 1.82) is 0 Å². The van der Waals surface area contributed by atoms with Crippen LogP contribution < -0.4 is 4.74 Å². The average molecular weight is 319 g/mol. The SMILES string of the molecule is COC(=O)c1ccc2c(c1)C(c1cc(Cl)ccc1F)=CCO2. The lowest BCUT2D eigenvalue weighted by molar-refractivity contribution is 0.0600. The van der Waals surface area contributed by atoms with Crippen LogP contribution in [0.15, 0.2) is 42.5 Å². The molecule has 0 radical (unpaired) electrons. The van der Waals surface area contributed by atoms with Gasteiger partial charge in [0.2, 0.25) is 0 Å². The molecule has 2 aromatic rings. The summed E-state index contributed by atoms with van der Waals surface area (Å²) in [4.78, 5) is 11.7. The molecule has 0 saturated heterocycles. The van der Waals surface area contributed by atoms with E-state index in [-0.39, 0.29) is 5.82 Å². The van der Waals surface area contributed by atoms with Gasteiger partial charge in [0.05, 0.1) is 12.7 Å². The fourth-order valence-corrected chi connectivity index (χ4v) is 2.57. The van der Waals surface area contributed by atoms with Crippen LogP contribution in [-0.4, -0.2) is 19.7 Å². The molecule has 1 aliphatic rings. The summed E-state index contributed by atoms with van der Waals surface area (Å²) in [6, 6.07) is 9.29. The minimum absolute atomic E-state index is 0.325. The third-order valence-electron chi connectivity index (χ3n) is 3.44. The number of hydrogen-bond donors (Lipinski definition) is 0. The fraction of sp³-hybridized carbons (Fsp3) is 0.118. The number of benzene rings is 2. The summed E-state index contributed by atoms with van der Waals surface area (Å²) in [5.41, 5.74) is 2.03. The first-order valence-electron chi connectivity index (χ1n) is 6.61. The van der Waals surface area contributed by atoms with Gasteiger partial charge in [0, 0.05) is 16.1 Å². The molecule has 0 aliphatic carbocycles. The van der Waals surface area contributed by atoms with E-state index in [1.165, 1.54) is 19.2 Å². The zero-order chi connectivity index (χ0) is 15.7. The van der Waals surface area contributed by atoms with Crippen molar-refractivity contribution in [2.45, 2.75) is 0 Å². The maximum atomic E-state index is 14.1. The molecule has 112 valence electrons. The third kappa shape index (κ3) is 2.57. The van der Waals surface area contributed by atoms with Crippen molar-refractivity contribution in [3.8, 4) is 5.75 Å². The zero-order valence-corrected chi connectivity index (χ0v) is 12.5. The van der Waals surface area contributed by atoms with Gasteiger partial charge in [-0.25, -0.2) is 9.18 Å². The molecule has 22 heavy (non-hydrogen) atoms. The van der Waals surface area contributed by atoms with Crippen molar-refractivity contribution < 1.29 is 18.7 Å². The summed E-state index contributed by atoms with van der Waals surface area (Å²) >= 11 is 5.97. The smallest absolute Gasteiger partial charge is 0.337 e. The maximum Gasteiger partial charge on any atom is 0.337 e. The predicted octanol–water partition coefficient (Wildman–Crippen LogP) is 4.09. The van der Waals surface area contributed by atoms with Crippen molar-refractivity contribution in [3.05, 3.63) is 70.0 Å². The highest BCUT2D eigenvalue weighted by atomic mass is 35.5. The normalized spacial score (nSPS) is 13.0. The van der Waals surface area contributed by atoms with Crippen LogP contribution >= 0.6 is 11.6 Å². The quantitative estimate of drug-likeness (QED) is 0.782. The van der Waals surface area contributed by atoms with Crippen LogP contribution in [0.1, 0.15) is 21.5 Å². The lowest BCUT2D eigenvalue weighted by Crippen LogP contribution is -2.09. The van der Waals surface area contributed by atoms with Gasteiger partial charge < -0.3 is 9.47 Å². The Morgan fingerprint density at radius 2 is 2.05 bits per heavy atom. The van der Waals surface area contributed by atoms with E-state index in [0.717, 1.165) is 0 Å². The number of rotatable bonds is 2. The van der Waals surface area contributed by atoms with Crippen LogP contribution in [-0.2, 0) is 4.74 Å². The molecule has 0 bridgehead atoms. The number of fused-ring (bicyclic) bond motifs is 1. The van der Waals surface area contributed by atoms with E-state index in [9.17, 15) is 9.18 Å². The number of carbonyl (C=O) groups is 1. The van der Waals surface area contributed by atoms with Gasteiger partial charge in [0.1, 0.15) is 18.2 Å². The van der Waals surface area contributed by atoms with Gasteiger partial charge in [-0.15, -0.1) is 0 Å². The van der Waals surface area contributed by atoms with E-state index in [1.54, 1.807) is 30.3 Å². The van der Waals surface area contributed by atoms with Crippen molar-refractivity contribution in [2.75, 3.05) is 13.7 Å². The maximum absolute atomic E-state index is 14.1. The van der Waals surface area contributed by atoms with Crippen LogP contribution in [0.2, 0.25) is 5.02 Å². The molecule has 2 aromatic carbocycles. The first-order chi connectivity index (χ1) is 10.6. The van der Waals surface area contributed by atoms with Gasteiger partial charge in [0.15, 0.2) is 0 Å². The number of esters is 1. The zero-order valence-electron chi connectivity index (χ0n) is 11.7. The monoisotopic (exact) mass is 318 g/mol. The van der Waals surface area contributed by atoms with E-state index in [1.807, 2.05) is 0 Å². The Morgan fingerprint density at radius 3 is 2.82 bits per heavy atom. The molecule has 3 rings (SSSR count). The molecule has 0 saturated carbocycles. The molecular formula is C17H12ClFO3. The molecule has 0 spiro atoms. The van der Waals surface area contributed by atoms with Crippen molar-refractivity contribution in [2.24, 2.45) is 0 Å². The predicted molar refractivity (Wildman–Crippen MR) is 81.8 cm³/mol. The summed E-state index contributed by atoms with van der Waals surface area (Å²) < 4.78 is 24.4. The Morgan fingerprint density at radius 1 is 1.23 bits per heavy atom. The van der Waals surface area contributed by atoms with Crippen LogP contribution in [0.3, 0.4) is 0 Å². The van der Waals surface area contributed by atoms with Gasteiger partial charge in [0.25, 0.3) is 0 Å². The second-order valence-electron chi connectivity index (χ2n) is 4.76. The van der Waals surface area contributed by atoms with Gasteiger partial charge >= 0.3 is 5.97 Å². The number of halogens is 2. The van der Waals surface area contributed by atoms with E-state index in [0.29, 0.717) is 39.6 Å². The van der Waals surface area contributed by atoms with E-state index in [4.69, 9.17) is 21.1 Å². The van der Waals surface area contributed by atoms with Crippen LogP contribution in [0, 0.1) is 5.82 Å². The van der Waals surface area contributed by atoms with E-state index < -0.39 is 5.97 Å². The number of carbonyl (C=O) groups excluding carboxylic acids is 1. The number of methoxy groups -OCH3 is 1. The third-order valence-corrected chi connectivity index (χ3v) is 3.67. The highest BCUT2D eigenvalue weighted by Crippen LogP contribution is 2.36. The number of ether oxygens (including phenoxy) is 2. The fourth-order valence-electron chi connectivity index (χ4n) is 2.39. The van der Waals surface area contributed by atoms with Crippen LogP contribution in [0.4, 0.5) is 4.39 Å². The molecule has 3 nitrogen and oxygen atoms in total. The molecule has 1 aliphatic heterocycles. The first kappa shape index (κ1) is 14.6. The van der Waals surface area contributed by atoms with Crippen molar-refractivity contribution in [1.82, 2.24) is 0 Å². The van der Waals surface area contributed by atoms with Gasteiger partial charge in [-0.3, -0.25) is 0 Å². The van der Waals surface area contributed by atoms with Gasteiger partial charge in [-0.1, -0.05) is 11.6 Å². The second kappa shape index (κ2) is 5.81. The van der Waals surface area contributed by atoms with Crippen molar-refractivity contribution in [3.63, 3.8) is 0 Å². The summed E-state index contributed by atoms with van der Waals surface area (Å²) in [7, 11) is 1.31. The average Bonchev–Trinajstić information content (AvgIpc) is 2.55. The molecular weight excluding hydrogens is 307 g/mol. The molecule has 0 amide bonds. The lowest BCUT2D eigenvalue weighted by Gasteiger charge is -2.20. The first-order valence-corrected chi connectivity index (χ1v) is 6.99. The summed E-state index contributed by atoms with van der Waals surface area (Å²) in [6.07, 6.45) is 1.76. The Labute approximate surface area is 131 Å². The Hall–Kier alpha value is -2.33. The molecule has 0 fully saturated rings. The molecule has 0 aromatic heterocycles. The van der Waals surface area contributed by atoms with E-state index >= 15 is 0 Å². The largest absolute Gasteiger partial charge is 0.489 e. The van der Waals surface area contributed by atoms with Gasteiger partial charge in [-0.2, -0.15) is 0 Å². The molecule has 5 heteroatoms. The lowest BCUT2D eigenvalue weighted by atomic mass is 9.93. The topological polar surface area (TPSA) is 35.5 Å². The second-order valence-corrected chi connectivity index (χ2v) is 5.19. The molecule has 0 N–H and O–H groups in total. The highest BCUT2D eigenvalue weighted by Gasteiger charge is 2.20. The number of hydrogen-bond acceptors (Lipinski definition) is 3. The minimum atomic E-state index is -0.459. The summed E-state index contributed by atoms with van der Waals surface area (Å²) in [5, 5.41) is 0.439. The summed E-state index contributed by atoms with van der Waals surface area (Å²) in [5.74, 6) is -0.254. The van der Waals surface area contributed by atoms with Crippen LogP contribution in [0.25, 0.3) is 5.57 Å². The molecule has 0 unspecified atom stereocenters.